The highest BCUT2D eigenvalue weighted by molar-refractivity contribution is 5.17. The zero-order chi connectivity index (χ0) is 12.8. The van der Waals surface area contributed by atoms with Crippen LogP contribution in [-0.4, -0.2) is 4.98 Å². The number of aryl methyl sites for hydroxylation is 1. The lowest BCUT2D eigenvalue weighted by atomic mass is 10.2. The van der Waals surface area contributed by atoms with Gasteiger partial charge < -0.3 is 5.32 Å². The molecule has 1 N–H and O–H groups in total. The summed E-state index contributed by atoms with van der Waals surface area (Å²) in [6, 6.07) is 10.9. The lowest BCUT2D eigenvalue weighted by Crippen LogP contribution is -2.14. The van der Waals surface area contributed by atoms with Crippen LogP contribution < -0.4 is 5.32 Å². The Morgan fingerprint density at radius 2 is 1.94 bits per heavy atom. The predicted molar refractivity (Wildman–Crippen MR) is 70.6 cm³/mol. The molecule has 0 spiro atoms. The average molecular weight is 244 g/mol. The van der Waals surface area contributed by atoms with Crippen LogP contribution in [-0.2, 0) is 19.5 Å². The summed E-state index contributed by atoms with van der Waals surface area (Å²) in [7, 11) is 0. The van der Waals surface area contributed by atoms with Gasteiger partial charge in [-0.3, -0.25) is 4.98 Å². The number of halogens is 1. The predicted octanol–water partition coefficient (Wildman–Crippen LogP) is 3.07. The summed E-state index contributed by atoms with van der Waals surface area (Å²) in [5, 5.41) is 3.19. The smallest absolute Gasteiger partial charge is 0.127 e. The lowest BCUT2D eigenvalue weighted by molar-refractivity contribution is 0.586. The van der Waals surface area contributed by atoms with Crippen molar-refractivity contribution in [2.45, 2.75) is 26.4 Å². The van der Waals surface area contributed by atoms with E-state index in [4.69, 9.17) is 0 Å². The van der Waals surface area contributed by atoms with E-state index in [2.05, 4.69) is 23.3 Å². The molecule has 0 aliphatic carbocycles. The minimum absolute atomic E-state index is 0.167. The summed E-state index contributed by atoms with van der Waals surface area (Å²) in [4.78, 5) is 4.35. The number of aromatic nitrogens is 1. The number of hydrogen-bond donors (Lipinski definition) is 1. The first-order chi connectivity index (χ1) is 8.79. The summed E-state index contributed by atoms with van der Waals surface area (Å²) in [5.41, 5.74) is 2.89. The van der Waals surface area contributed by atoms with Crippen LogP contribution in [0.3, 0.4) is 0 Å². The molecule has 2 rings (SSSR count). The van der Waals surface area contributed by atoms with Crippen molar-refractivity contribution < 1.29 is 4.39 Å². The van der Waals surface area contributed by atoms with Crippen LogP contribution in [0, 0.1) is 5.82 Å². The maximum atomic E-state index is 13.4. The normalized spacial score (nSPS) is 10.6. The van der Waals surface area contributed by atoms with Crippen molar-refractivity contribution in [3.05, 3.63) is 65.2 Å². The Hall–Kier alpha value is -1.74. The minimum atomic E-state index is -0.167. The lowest BCUT2D eigenvalue weighted by Gasteiger charge is -2.06. The fourth-order valence-corrected chi connectivity index (χ4v) is 1.74. The van der Waals surface area contributed by atoms with Crippen LogP contribution in [0.4, 0.5) is 4.39 Å². The topological polar surface area (TPSA) is 24.9 Å². The second-order valence-corrected chi connectivity index (χ2v) is 4.21. The van der Waals surface area contributed by atoms with E-state index < -0.39 is 0 Å². The Bertz CT molecular complexity index is 494. The van der Waals surface area contributed by atoms with Crippen LogP contribution in [0.25, 0.3) is 0 Å². The maximum absolute atomic E-state index is 13.4. The van der Waals surface area contributed by atoms with Gasteiger partial charge in [-0.2, -0.15) is 0 Å². The minimum Gasteiger partial charge on any atom is -0.307 e. The molecule has 0 unspecified atom stereocenters. The van der Waals surface area contributed by atoms with E-state index in [0.29, 0.717) is 18.7 Å². The molecule has 1 aromatic carbocycles. The van der Waals surface area contributed by atoms with E-state index in [1.54, 1.807) is 12.1 Å². The van der Waals surface area contributed by atoms with Crippen LogP contribution in [0.1, 0.15) is 23.7 Å². The van der Waals surface area contributed by atoms with Gasteiger partial charge in [0, 0.05) is 24.8 Å². The standard InChI is InChI=1S/C15H17FN2/c1-2-12-7-8-14(18-9-12)11-17-10-13-5-3-4-6-15(13)16/h3-9,17H,2,10-11H2,1H3. The first-order valence-corrected chi connectivity index (χ1v) is 6.17. The first kappa shape index (κ1) is 12.7. The molecule has 0 amide bonds. The summed E-state index contributed by atoms with van der Waals surface area (Å²) in [5.74, 6) is -0.167. The fraction of sp³-hybridized carbons (Fsp3) is 0.267. The molecule has 0 aliphatic rings. The molecule has 0 saturated carbocycles. The molecule has 0 aliphatic heterocycles. The number of benzene rings is 1. The van der Waals surface area contributed by atoms with Gasteiger partial charge in [0.15, 0.2) is 0 Å². The molecule has 0 radical (unpaired) electrons. The third-order valence-corrected chi connectivity index (χ3v) is 2.87. The SMILES string of the molecule is CCc1ccc(CNCc2ccccc2F)nc1. The van der Waals surface area contributed by atoms with Crippen molar-refractivity contribution in [3.63, 3.8) is 0 Å². The second-order valence-electron chi connectivity index (χ2n) is 4.21. The average Bonchev–Trinajstić information content (AvgIpc) is 2.42. The van der Waals surface area contributed by atoms with Crippen molar-refractivity contribution >= 4 is 0 Å². The van der Waals surface area contributed by atoms with E-state index >= 15 is 0 Å². The molecule has 94 valence electrons. The number of pyridine rings is 1. The Morgan fingerprint density at radius 1 is 1.11 bits per heavy atom. The maximum Gasteiger partial charge on any atom is 0.127 e. The zero-order valence-corrected chi connectivity index (χ0v) is 10.5. The molecule has 1 aromatic heterocycles. The second kappa shape index (κ2) is 6.26. The molecular weight excluding hydrogens is 227 g/mol. The van der Waals surface area contributed by atoms with Gasteiger partial charge >= 0.3 is 0 Å². The Balaban J connectivity index is 1.86. The Kier molecular flexibility index (Phi) is 4.42. The molecule has 1 heterocycles. The van der Waals surface area contributed by atoms with Crippen LogP contribution in [0.5, 0.6) is 0 Å². The van der Waals surface area contributed by atoms with Crippen molar-refractivity contribution in [3.8, 4) is 0 Å². The van der Waals surface area contributed by atoms with E-state index in [9.17, 15) is 4.39 Å². The van der Waals surface area contributed by atoms with Crippen LogP contribution in [0.2, 0.25) is 0 Å². The molecular formula is C15H17FN2. The fourth-order valence-electron chi connectivity index (χ4n) is 1.74. The third kappa shape index (κ3) is 3.37. The summed E-state index contributed by atoms with van der Waals surface area (Å²) in [6.45, 7) is 3.27. The van der Waals surface area contributed by atoms with E-state index in [1.807, 2.05) is 18.3 Å². The number of nitrogens with zero attached hydrogens (tertiary/aromatic N) is 1. The number of nitrogens with one attached hydrogen (secondary N) is 1. The highest BCUT2D eigenvalue weighted by atomic mass is 19.1. The molecule has 2 aromatic rings. The van der Waals surface area contributed by atoms with Crippen molar-refractivity contribution in [2.75, 3.05) is 0 Å². The molecule has 2 nitrogen and oxygen atoms in total. The van der Waals surface area contributed by atoms with Crippen LogP contribution >= 0.6 is 0 Å². The van der Waals surface area contributed by atoms with Crippen molar-refractivity contribution in [1.29, 1.82) is 0 Å². The van der Waals surface area contributed by atoms with Gasteiger partial charge in [0.1, 0.15) is 5.82 Å². The highest BCUT2D eigenvalue weighted by Gasteiger charge is 2.00. The van der Waals surface area contributed by atoms with Crippen molar-refractivity contribution in [2.24, 2.45) is 0 Å². The molecule has 0 saturated heterocycles. The van der Waals surface area contributed by atoms with Gasteiger partial charge in [-0.1, -0.05) is 31.2 Å². The highest BCUT2D eigenvalue weighted by Crippen LogP contribution is 2.06. The molecule has 3 heteroatoms. The monoisotopic (exact) mass is 244 g/mol. The molecule has 0 bridgehead atoms. The largest absolute Gasteiger partial charge is 0.307 e. The van der Waals surface area contributed by atoms with E-state index in [0.717, 1.165) is 12.1 Å². The summed E-state index contributed by atoms with van der Waals surface area (Å²) in [6.07, 6.45) is 2.88. The van der Waals surface area contributed by atoms with Gasteiger partial charge in [0.05, 0.1) is 5.69 Å². The van der Waals surface area contributed by atoms with Crippen LogP contribution in [0.15, 0.2) is 42.6 Å². The van der Waals surface area contributed by atoms with E-state index in [1.165, 1.54) is 11.6 Å². The quantitative estimate of drug-likeness (QED) is 0.874. The van der Waals surface area contributed by atoms with Gasteiger partial charge in [-0.05, 0) is 24.1 Å². The first-order valence-electron chi connectivity index (χ1n) is 6.17. The summed E-state index contributed by atoms with van der Waals surface area (Å²) >= 11 is 0. The zero-order valence-electron chi connectivity index (χ0n) is 10.5. The molecule has 0 fully saturated rings. The number of hydrogen-bond acceptors (Lipinski definition) is 2. The van der Waals surface area contributed by atoms with Gasteiger partial charge in [-0.25, -0.2) is 4.39 Å². The van der Waals surface area contributed by atoms with Crippen molar-refractivity contribution in [1.82, 2.24) is 10.3 Å². The third-order valence-electron chi connectivity index (χ3n) is 2.87. The molecule has 0 atom stereocenters. The Morgan fingerprint density at radius 3 is 2.61 bits per heavy atom. The summed E-state index contributed by atoms with van der Waals surface area (Å²) < 4.78 is 13.4. The van der Waals surface area contributed by atoms with Gasteiger partial charge in [0.25, 0.3) is 0 Å². The number of rotatable bonds is 5. The van der Waals surface area contributed by atoms with Gasteiger partial charge in [-0.15, -0.1) is 0 Å². The van der Waals surface area contributed by atoms with Gasteiger partial charge in [0.2, 0.25) is 0 Å². The molecule has 18 heavy (non-hydrogen) atoms. The Labute approximate surface area is 107 Å². The van der Waals surface area contributed by atoms with E-state index in [-0.39, 0.29) is 5.82 Å².